The van der Waals surface area contributed by atoms with E-state index in [4.69, 9.17) is 5.11 Å². The standard InChI is InChI=1S/C13H25N3O4/c1-6-16(9(4)7-11(17)18)13(20)15-10(5)12(19)14-8(2)3/h8-10H,6-7H2,1-5H3,(H,14,19)(H,15,20)(H,17,18). The van der Waals surface area contributed by atoms with E-state index < -0.39 is 24.1 Å². The van der Waals surface area contributed by atoms with E-state index in [0.29, 0.717) is 6.54 Å². The maximum Gasteiger partial charge on any atom is 0.318 e. The number of carboxylic acid groups (broad SMARTS) is 1. The largest absolute Gasteiger partial charge is 0.481 e. The number of nitrogens with zero attached hydrogens (tertiary/aromatic N) is 1. The van der Waals surface area contributed by atoms with Crippen molar-refractivity contribution < 1.29 is 19.5 Å². The first-order valence-electron chi connectivity index (χ1n) is 6.78. The van der Waals surface area contributed by atoms with Crippen LogP contribution in [0.3, 0.4) is 0 Å². The third-order valence-corrected chi connectivity index (χ3v) is 2.77. The summed E-state index contributed by atoms with van der Waals surface area (Å²) in [5.74, 6) is -1.23. The first-order chi connectivity index (χ1) is 9.18. The van der Waals surface area contributed by atoms with Crippen LogP contribution in [0.25, 0.3) is 0 Å². The number of carbonyl (C=O) groups excluding carboxylic acids is 2. The Kier molecular flexibility index (Phi) is 7.64. The van der Waals surface area contributed by atoms with Gasteiger partial charge in [0.1, 0.15) is 6.04 Å². The van der Waals surface area contributed by atoms with Crippen LogP contribution in [-0.4, -0.2) is 52.6 Å². The second-order valence-electron chi connectivity index (χ2n) is 5.07. The van der Waals surface area contributed by atoms with Gasteiger partial charge in [0.25, 0.3) is 0 Å². The zero-order valence-corrected chi connectivity index (χ0v) is 12.8. The molecule has 0 aromatic rings. The smallest absolute Gasteiger partial charge is 0.318 e. The number of urea groups is 1. The van der Waals surface area contributed by atoms with Crippen LogP contribution in [0.2, 0.25) is 0 Å². The Morgan fingerprint density at radius 3 is 2.05 bits per heavy atom. The summed E-state index contributed by atoms with van der Waals surface area (Å²) in [7, 11) is 0. The van der Waals surface area contributed by atoms with Gasteiger partial charge < -0.3 is 20.6 Å². The van der Waals surface area contributed by atoms with E-state index in [1.807, 2.05) is 13.8 Å². The molecule has 3 N–H and O–H groups in total. The van der Waals surface area contributed by atoms with Crippen molar-refractivity contribution in [3.8, 4) is 0 Å². The van der Waals surface area contributed by atoms with Gasteiger partial charge in [0, 0.05) is 18.6 Å². The second kappa shape index (κ2) is 8.39. The van der Waals surface area contributed by atoms with Gasteiger partial charge in [-0.3, -0.25) is 9.59 Å². The summed E-state index contributed by atoms with van der Waals surface area (Å²) >= 11 is 0. The third kappa shape index (κ3) is 6.40. The number of carbonyl (C=O) groups is 3. The maximum absolute atomic E-state index is 12.0. The Balaban J connectivity index is 4.55. The molecule has 3 amide bonds. The molecule has 0 saturated heterocycles. The van der Waals surface area contributed by atoms with E-state index >= 15 is 0 Å². The topological polar surface area (TPSA) is 98.7 Å². The lowest BCUT2D eigenvalue weighted by Gasteiger charge is -2.28. The Morgan fingerprint density at radius 1 is 1.10 bits per heavy atom. The summed E-state index contributed by atoms with van der Waals surface area (Å²) in [6.45, 7) is 9.05. The minimum absolute atomic E-state index is 0.00457. The van der Waals surface area contributed by atoms with Gasteiger partial charge >= 0.3 is 12.0 Å². The molecule has 2 atom stereocenters. The summed E-state index contributed by atoms with van der Waals surface area (Å²) < 4.78 is 0. The van der Waals surface area contributed by atoms with Crippen LogP contribution in [0.5, 0.6) is 0 Å². The van der Waals surface area contributed by atoms with Gasteiger partial charge in [0.2, 0.25) is 5.91 Å². The third-order valence-electron chi connectivity index (χ3n) is 2.77. The van der Waals surface area contributed by atoms with Crippen LogP contribution in [0.1, 0.15) is 41.0 Å². The molecule has 7 nitrogen and oxygen atoms in total. The van der Waals surface area contributed by atoms with Gasteiger partial charge in [-0.05, 0) is 34.6 Å². The number of nitrogens with one attached hydrogen (secondary N) is 2. The van der Waals surface area contributed by atoms with Crippen molar-refractivity contribution in [2.45, 2.75) is 59.2 Å². The molecule has 0 aliphatic rings. The molecule has 0 aliphatic heterocycles. The molecule has 20 heavy (non-hydrogen) atoms. The van der Waals surface area contributed by atoms with Gasteiger partial charge in [-0.15, -0.1) is 0 Å². The van der Waals surface area contributed by atoms with Gasteiger partial charge in [-0.2, -0.15) is 0 Å². The van der Waals surface area contributed by atoms with Gasteiger partial charge in [-0.1, -0.05) is 0 Å². The molecular formula is C13H25N3O4. The van der Waals surface area contributed by atoms with Crippen LogP contribution in [0, 0.1) is 0 Å². The summed E-state index contributed by atoms with van der Waals surface area (Å²) in [4.78, 5) is 35.8. The molecule has 0 bridgehead atoms. The monoisotopic (exact) mass is 287 g/mol. The lowest BCUT2D eigenvalue weighted by molar-refractivity contribution is -0.138. The molecule has 0 radical (unpaired) electrons. The van der Waals surface area contributed by atoms with Crippen LogP contribution < -0.4 is 10.6 Å². The van der Waals surface area contributed by atoms with E-state index in [-0.39, 0.29) is 18.4 Å². The van der Waals surface area contributed by atoms with Gasteiger partial charge in [0.15, 0.2) is 0 Å². The molecule has 2 unspecified atom stereocenters. The van der Waals surface area contributed by atoms with Crippen LogP contribution in [-0.2, 0) is 9.59 Å². The summed E-state index contributed by atoms with van der Waals surface area (Å²) in [6, 6.07) is -1.54. The Labute approximate surface area is 119 Å². The second-order valence-corrected chi connectivity index (χ2v) is 5.07. The molecular weight excluding hydrogens is 262 g/mol. The predicted molar refractivity (Wildman–Crippen MR) is 75.4 cm³/mol. The van der Waals surface area contributed by atoms with Gasteiger partial charge in [-0.25, -0.2) is 4.79 Å². The Bertz CT molecular complexity index is 358. The van der Waals surface area contributed by atoms with Crippen LogP contribution in [0.15, 0.2) is 0 Å². The quantitative estimate of drug-likeness (QED) is 0.645. The minimum Gasteiger partial charge on any atom is -0.481 e. The zero-order valence-electron chi connectivity index (χ0n) is 12.8. The van der Waals surface area contributed by atoms with Gasteiger partial charge in [0.05, 0.1) is 6.42 Å². The fraction of sp³-hybridized carbons (Fsp3) is 0.769. The highest BCUT2D eigenvalue weighted by molar-refractivity contribution is 5.87. The van der Waals surface area contributed by atoms with Crippen molar-refractivity contribution in [3.63, 3.8) is 0 Å². The predicted octanol–water partition coefficient (Wildman–Crippen LogP) is 0.794. The summed E-state index contributed by atoms with van der Waals surface area (Å²) in [6.07, 6.45) is -0.131. The normalized spacial score (nSPS) is 13.5. The van der Waals surface area contributed by atoms with Crippen molar-refractivity contribution >= 4 is 17.9 Å². The van der Waals surface area contributed by atoms with E-state index in [2.05, 4.69) is 10.6 Å². The van der Waals surface area contributed by atoms with E-state index in [1.54, 1.807) is 20.8 Å². The minimum atomic E-state index is -0.964. The molecule has 0 aliphatic carbocycles. The average Bonchev–Trinajstić information content (AvgIpc) is 2.27. The van der Waals surface area contributed by atoms with E-state index in [0.717, 1.165) is 0 Å². The number of hydrogen-bond donors (Lipinski definition) is 3. The molecule has 0 spiro atoms. The highest BCUT2D eigenvalue weighted by Crippen LogP contribution is 2.04. The number of rotatable bonds is 7. The fourth-order valence-corrected chi connectivity index (χ4v) is 1.76. The molecule has 7 heteroatoms. The molecule has 0 saturated carbocycles. The first kappa shape index (κ1) is 18.2. The molecule has 0 rings (SSSR count). The number of aliphatic carboxylic acids is 1. The van der Waals surface area contributed by atoms with Crippen molar-refractivity contribution in [2.75, 3.05) is 6.54 Å². The Morgan fingerprint density at radius 2 is 1.65 bits per heavy atom. The Hall–Kier alpha value is -1.79. The molecule has 116 valence electrons. The van der Waals surface area contributed by atoms with E-state index in [9.17, 15) is 14.4 Å². The maximum atomic E-state index is 12.0. The average molecular weight is 287 g/mol. The SMILES string of the molecule is CCN(C(=O)NC(C)C(=O)NC(C)C)C(C)CC(=O)O. The molecule has 0 aromatic heterocycles. The highest BCUT2D eigenvalue weighted by Gasteiger charge is 2.24. The van der Waals surface area contributed by atoms with Crippen molar-refractivity contribution in [1.29, 1.82) is 0 Å². The lowest BCUT2D eigenvalue weighted by Crippen LogP contribution is -2.53. The van der Waals surface area contributed by atoms with Crippen LogP contribution in [0.4, 0.5) is 4.79 Å². The lowest BCUT2D eigenvalue weighted by atomic mass is 10.2. The number of carboxylic acids is 1. The number of hydrogen-bond acceptors (Lipinski definition) is 3. The van der Waals surface area contributed by atoms with Crippen LogP contribution >= 0.6 is 0 Å². The summed E-state index contributed by atoms with van der Waals surface area (Å²) in [5.41, 5.74) is 0. The molecule has 0 heterocycles. The van der Waals surface area contributed by atoms with Crippen molar-refractivity contribution in [3.05, 3.63) is 0 Å². The summed E-state index contributed by atoms with van der Waals surface area (Å²) in [5, 5.41) is 14.0. The molecule has 0 aromatic carbocycles. The molecule has 0 fully saturated rings. The fourth-order valence-electron chi connectivity index (χ4n) is 1.76. The van der Waals surface area contributed by atoms with Crippen molar-refractivity contribution in [2.24, 2.45) is 0 Å². The van der Waals surface area contributed by atoms with Crippen molar-refractivity contribution in [1.82, 2.24) is 15.5 Å². The first-order valence-corrected chi connectivity index (χ1v) is 6.78. The highest BCUT2D eigenvalue weighted by atomic mass is 16.4. The number of amides is 3. The zero-order chi connectivity index (χ0) is 15.9. The van der Waals surface area contributed by atoms with E-state index in [1.165, 1.54) is 4.90 Å².